The molecule has 0 fully saturated rings. The van der Waals surface area contributed by atoms with E-state index in [9.17, 15) is 9.59 Å². The Kier molecular flexibility index (Phi) is 5.26. The highest BCUT2D eigenvalue weighted by atomic mass is 32.1. The van der Waals surface area contributed by atoms with E-state index in [-0.39, 0.29) is 11.5 Å². The van der Waals surface area contributed by atoms with Gasteiger partial charge in [-0.05, 0) is 50.5 Å². The van der Waals surface area contributed by atoms with Crippen molar-refractivity contribution in [1.29, 1.82) is 0 Å². The van der Waals surface area contributed by atoms with Crippen molar-refractivity contribution in [3.63, 3.8) is 0 Å². The topological polar surface area (TPSA) is 64.0 Å². The van der Waals surface area contributed by atoms with Crippen LogP contribution in [-0.4, -0.2) is 15.5 Å². The van der Waals surface area contributed by atoms with Gasteiger partial charge in [0.2, 0.25) is 0 Å². The van der Waals surface area contributed by atoms with E-state index in [4.69, 9.17) is 0 Å². The summed E-state index contributed by atoms with van der Waals surface area (Å²) < 4.78 is 1.60. The summed E-state index contributed by atoms with van der Waals surface area (Å²) in [6.07, 6.45) is 1.56. The van der Waals surface area contributed by atoms with Crippen LogP contribution in [0, 0.1) is 27.7 Å². The van der Waals surface area contributed by atoms with E-state index >= 15 is 0 Å². The molecular weight excluding hydrogens is 394 g/mol. The van der Waals surface area contributed by atoms with Gasteiger partial charge in [-0.25, -0.2) is 4.98 Å². The van der Waals surface area contributed by atoms with Gasteiger partial charge in [0.25, 0.3) is 11.5 Å². The predicted molar refractivity (Wildman–Crippen MR) is 123 cm³/mol. The molecule has 0 saturated carbocycles. The molecule has 0 unspecified atom stereocenters. The Labute approximate surface area is 179 Å². The van der Waals surface area contributed by atoms with Crippen molar-refractivity contribution < 1.29 is 4.79 Å². The number of nitrogens with one attached hydrogen (secondary N) is 1. The lowest BCUT2D eigenvalue weighted by Gasteiger charge is -2.08. The molecule has 6 heteroatoms. The van der Waals surface area contributed by atoms with Crippen LogP contribution >= 0.6 is 11.3 Å². The van der Waals surface area contributed by atoms with Crippen LogP contribution in [0.15, 0.2) is 53.6 Å². The molecule has 0 aliphatic carbocycles. The van der Waals surface area contributed by atoms with Crippen LogP contribution in [0.2, 0.25) is 0 Å². The van der Waals surface area contributed by atoms with Crippen LogP contribution in [0.1, 0.15) is 37.5 Å². The van der Waals surface area contributed by atoms with Gasteiger partial charge in [-0.2, -0.15) is 0 Å². The smallest absolute Gasteiger partial charge is 0.266 e. The Morgan fingerprint density at radius 1 is 1.03 bits per heavy atom. The number of rotatable bonds is 4. The Morgan fingerprint density at radius 3 is 2.43 bits per heavy atom. The lowest BCUT2D eigenvalue weighted by atomic mass is 10.1. The number of thiophene rings is 1. The fourth-order valence-electron chi connectivity index (χ4n) is 3.51. The molecule has 0 spiro atoms. The Morgan fingerprint density at radius 2 is 1.73 bits per heavy atom. The van der Waals surface area contributed by atoms with Crippen molar-refractivity contribution in [2.75, 3.05) is 5.32 Å². The minimum Gasteiger partial charge on any atom is -0.321 e. The Hall–Kier alpha value is -3.25. The number of carbonyl (C=O) groups excluding carboxylic acids is 1. The average Bonchev–Trinajstić information content (AvgIpc) is 3.05. The first-order chi connectivity index (χ1) is 14.3. The van der Waals surface area contributed by atoms with Crippen molar-refractivity contribution in [3.8, 4) is 0 Å². The first kappa shape index (κ1) is 20.0. The van der Waals surface area contributed by atoms with Gasteiger partial charge in [0.1, 0.15) is 4.83 Å². The molecular formula is C24H23N3O2S. The molecule has 1 N–H and O–H groups in total. The molecule has 2 heterocycles. The molecule has 30 heavy (non-hydrogen) atoms. The largest absolute Gasteiger partial charge is 0.321 e. The first-order valence-corrected chi connectivity index (χ1v) is 10.6. The molecule has 0 aliphatic rings. The summed E-state index contributed by atoms with van der Waals surface area (Å²) in [6, 6.07) is 14.0. The normalized spacial score (nSPS) is 11.1. The fourth-order valence-corrected chi connectivity index (χ4v) is 4.55. The summed E-state index contributed by atoms with van der Waals surface area (Å²) in [5.74, 6) is -0.216. The molecule has 1 amide bonds. The third-order valence-corrected chi connectivity index (χ3v) is 6.43. The van der Waals surface area contributed by atoms with E-state index in [1.165, 1.54) is 16.9 Å². The predicted octanol–water partition coefficient (Wildman–Crippen LogP) is 4.99. The van der Waals surface area contributed by atoms with Crippen LogP contribution in [0.4, 0.5) is 5.69 Å². The molecule has 2 aromatic heterocycles. The van der Waals surface area contributed by atoms with Gasteiger partial charge < -0.3 is 5.32 Å². The second-order valence-corrected chi connectivity index (χ2v) is 8.67. The van der Waals surface area contributed by atoms with Crippen molar-refractivity contribution in [2.24, 2.45) is 0 Å². The van der Waals surface area contributed by atoms with Crippen molar-refractivity contribution in [2.45, 2.75) is 34.2 Å². The van der Waals surface area contributed by atoms with Crippen LogP contribution < -0.4 is 10.9 Å². The zero-order valence-electron chi connectivity index (χ0n) is 17.4. The van der Waals surface area contributed by atoms with Gasteiger partial charge in [-0.1, -0.05) is 47.5 Å². The first-order valence-electron chi connectivity index (χ1n) is 9.76. The maximum absolute atomic E-state index is 13.1. The molecule has 4 rings (SSSR count). The maximum atomic E-state index is 13.1. The highest BCUT2D eigenvalue weighted by molar-refractivity contribution is 7.20. The lowest BCUT2D eigenvalue weighted by Crippen LogP contribution is -2.21. The molecule has 152 valence electrons. The summed E-state index contributed by atoms with van der Waals surface area (Å²) in [5, 5.41) is 3.48. The number of carbonyl (C=O) groups is 1. The third-order valence-electron chi connectivity index (χ3n) is 5.23. The molecule has 4 aromatic rings. The molecule has 0 aliphatic heterocycles. The van der Waals surface area contributed by atoms with Gasteiger partial charge in [-0.15, -0.1) is 11.3 Å². The number of hydrogen-bond acceptors (Lipinski definition) is 4. The van der Waals surface area contributed by atoms with E-state index in [0.29, 0.717) is 27.2 Å². The summed E-state index contributed by atoms with van der Waals surface area (Å²) in [4.78, 5) is 31.6. The fraction of sp³-hybridized carbons (Fsp3) is 0.208. The van der Waals surface area contributed by atoms with Crippen LogP contribution in [0.25, 0.3) is 10.2 Å². The highest BCUT2D eigenvalue weighted by Gasteiger charge is 2.20. The summed E-state index contributed by atoms with van der Waals surface area (Å²) in [5.41, 5.74) is 5.67. The third kappa shape index (κ3) is 3.78. The van der Waals surface area contributed by atoms with Crippen LogP contribution in [0.3, 0.4) is 0 Å². The Balaban J connectivity index is 1.68. The standard InChI is InChI=1S/C24H23N3O2S/c1-14-5-8-18(9-6-14)12-27-13-25-23-20(24(27)29)17(4)21(30-23)22(28)26-19-10-7-15(2)11-16(19)3/h5-11,13H,12H2,1-4H3,(H,26,28). The van der Waals surface area contributed by atoms with Crippen molar-refractivity contribution in [1.82, 2.24) is 9.55 Å². The molecule has 0 saturated heterocycles. The van der Waals surface area contributed by atoms with E-state index in [1.54, 1.807) is 10.9 Å². The second kappa shape index (κ2) is 7.88. The highest BCUT2D eigenvalue weighted by Crippen LogP contribution is 2.28. The number of benzene rings is 2. The van der Waals surface area contributed by atoms with Crippen molar-refractivity contribution in [3.05, 3.63) is 91.8 Å². The molecule has 2 aromatic carbocycles. The van der Waals surface area contributed by atoms with Crippen molar-refractivity contribution >= 4 is 33.1 Å². The van der Waals surface area contributed by atoms with E-state index in [2.05, 4.69) is 10.3 Å². The number of aromatic nitrogens is 2. The lowest BCUT2D eigenvalue weighted by molar-refractivity contribution is 0.103. The van der Waals surface area contributed by atoms with Gasteiger partial charge in [0.15, 0.2) is 0 Å². The number of amides is 1. The SMILES string of the molecule is Cc1ccc(Cn2cnc3sc(C(=O)Nc4ccc(C)cc4C)c(C)c3c2=O)cc1. The molecule has 0 radical (unpaired) electrons. The van der Waals surface area contributed by atoms with Gasteiger partial charge in [0.05, 0.1) is 23.1 Å². The summed E-state index contributed by atoms with van der Waals surface area (Å²) in [7, 11) is 0. The molecule has 0 bridgehead atoms. The van der Waals surface area contributed by atoms with E-state index in [0.717, 1.165) is 22.4 Å². The number of hydrogen-bond donors (Lipinski definition) is 1. The Bertz CT molecular complexity index is 1320. The second-order valence-electron chi connectivity index (χ2n) is 7.67. The summed E-state index contributed by atoms with van der Waals surface area (Å²) >= 11 is 1.25. The monoisotopic (exact) mass is 417 g/mol. The molecule has 5 nitrogen and oxygen atoms in total. The number of anilines is 1. The van der Waals surface area contributed by atoms with Crippen LogP contribution in [0.5, 0.6) is 0 Å². The number of nitrogens with zero attached hydrogens (tertiary/aromatic N) is 2. The van der Waals surface area contributed by atoms with Gasteiger partial charge in [0, 0.05) is 5.69 Å². The molecule has 0 atom stereocenters. The van der Waals surface area contributed by atoms with E-state index in [1.807, 2.05) is 70.2 Å². The summed E-state index contributed by atoms with van der Waals surface area (Å²) in [6.45, 7) is 8.27. The number of aryl methyl sites for hydroxylation is 4. The minimum atomic E-state index is -0.216. The zero-order chi connectivity index (χ0) is 21.4. The average molecular weight is 418 g/mol. The number of fused-ring (bicyclic) bond motifs is 1. The van der Waals surface area contributed by atoms with E-state index < -0.39 is 0 Å². The minimum absolute atomic E-state index is 0.125. The van der Waals surface area contributed by atoms with Gasteiger partial charge in [-0.3, -0.25) is 14.2 Å². The maximum Gasteiger partial charge on any atom is 0.266 e. The zero-order valence-corrected chi connectivity index (χ0v) is 18.3. The van der Waals surface area contributed by atoms with Gasteiger partial charge >= 0.3 is 0 Å². The quantitative estimate of drug-likeness (QED) is 0.509. The van der Waals surface area contributed by atoms with Crippen LogP contribution in [-0.2, 0) is 6.54 Å².